The molecule has 1 atom stereocenters. The summed E-state index contributed by atoms with van der Waals surface area (Å²) in [6.45, 7) is 6.13. The van der Waals surface area contributed by atoms with E-state index < -0.39 is 5.60 Å². The van der Waals surface area contributed by atoms with Gasteiger partial charge < -0.3 is 5.11 Å². The molecule has 0 bridgehead atoms. The Kier molecular flexibility index (Phi) is 3.62. The normalized spacial score (nSPS) is 16.6. The van der Waals surface area contributed by atoms with E-state index in [1.165, 1.54) is 47.1 Å². The van der Waals surface area contributed by atoms with Crippen LogP contribution in [0.4, 0.5) is 0 Å². The minimum absolute atomic E-state index is 0.669. The predicted molar refractivity (Wildman–Crippen MR) is 87.7 cm³/mol. The smallest absolute Gasteiger partial charge is 0.0908 e. The van der Waals surface area contributed by atoms with Crippen LogP contribution in [0.15, 0.2) is 36.4 Å². The van der Waals surface area contributed by atoms with Crippen molar-refractivity contribution in [3.63, 3.8) is 0 Å². The van der Waals surface area contributed by atoms with Crippen molar-refractivity contribution in [3.05, 3.63) is 69.8 Å². The fourth-order valence-electron chi connectivity index (χ4n) is 3.31. The van der Waals surface area contributed by atoms with Crippen LogP contribution in [0.3, 0.4) is 0 Å². The summed E-state index contributed by atoms with van der Waals surface area (Å²) >= 11 is 0. The van der Waals surface area contributed by atoms with Gasteiger partial charge in [0.15, 0.2) is 0 Å². The van der Waals surface area contributed by atoms with Gasteiger partial charge in [0.25, 0.3) is 0 Å². The van der Waals surface area contributed by atoms with Crippen molar-refractivity contribution in [2.24, 2.45) is 0 Å². The highest BCUT2D eigenvalue weighted by Gasteiger charge is 2.24. The predicted octanol–water partition coefficient (Wildman–Crippen LogP) is 4.24. The lowest BCUT2D eigenvalue weighted by atomic mass is 9.87. The second kappa shape index (κ2) is 5.31. The van der Waals surface area contributed by atoms with Gasteiger partial charge in [0.05, 0.1) is 5.60 Å². The van der Waals surface area contributed by atoms with Crippen LogP contribution in [0.2, 0.25) is 0 Å². The Bertz CT molecular complexity index is 668. The van der Waals surface area contributed by atoms with Gasteiger partial charge in [0.2, 0.25) is 0 Å². The van der Waals surface area contributed by atoms with Crippen LogP contribution in [0, 0.1) is 13.8 Å². The largest absolute Gasteiger partial charge is 0.385 e. The van der Waals surface area contributed by atoms with Gasteiger partial charge in [-0.1, -0.05) is 36.4 Å². The molecule has 0 radical (unpaired) electrons. The monoisotopic (exact) mass is 280 g/mol. The van der Waals surface area contributed by atoms with Gasteiger partial charge in [-0.3, -0.25) is 0 Å². The third-order valence-electron chi connectivity index (χ3n) is 4.84. The summed E-state index contributed by atoms with van der Waals surface area (Å²) in [7, 11) is 0. The first-order valence-electron chi connectivity index (χ1n) is 7.86. The van der Waals surface area contributed by atoms with Gasteiger partial charge in [-0.25, -0.2) is 0 Å². The Morgan fingerprint density at radius 1 is 0.952 bits per heavy atom. The zero-order valence-electron chi connectivity index (χ0n) is 13.2. The number of fused-ring (bicyclic) bond motifs is 1. The summed E-state index contributed by atoms with van der Waals surface area (Å²) in [6.07, 6.45) is 4.34. The molecule has 0 amide bonds. The first kappa shape index (κ1) is 14.3. The minimum atomic E-state index is -0.814. The zero-order chi connectivity index (χ0) is 15.0. The molecule has 21 heavy (non-hydrogen) atoms. The van der Waals surface area contributed by atoms with Crippen molar-refractivity contribution in [1.29, 1.82) is 0 Å². The molecule has 1 nitrogen and oxygen atoms in total. The van der Waals surface area contributed by atoms with Gasteiger partial charge in [-0.2, -0.15) is 0 Å². The molecule has 1 aliphatic carbocycles. The van der Waals surface area contributed by atoms with Crippen molar-refractivity contribution >= 4 is 0 Å². The maximum absolute atomic E-state index is 10.9. The van der Waals surface area contributed by atoms with Crippen LogP contribution in [0.5, 0.6) is 0 Å². The maximum atomic E-state index is 10.9. The molecule has 1 aliphatic rings. The molecule has 0 heterocycles. The molecule has 1 N–H and O–H groups in total. The van der Waals surface area contributed by atoms with Crippen LogP contribution in [-0.4, -0.2) is 5.11 Å². The van der Waals surface area contributed by atoms with E-state index in [1.54, 1.807) is 0 Å². The van der Waals surface area contributed by atoms with Crippen LogP contribution in [-0.2, 0) is 24.9 Å². The Morgan fingerprint density at radius 3 is 2.48 bits per heavy atom. The lowest BCUT2D eigenvalue weighted by molar-refractivity contribution is 0.0575. The highest BCUT2D eigenvalue weighted by molar-refractivity contribution is 5.38. The van der Waals surface area contributed by atoms with Crippen LogP contribution < -0.4 is 0 Å². The van der Waals surface area contributed by atoms with E-state index in [4.69, 9.17) is 0 Å². The van der Waals surface area contributed by atoms with E-state index in [-0.39, 0.29) is 0 Å². The molecule has 0 aromatic heterocycles. The van der Waals surface area contributed by atoms with E-state index >= 15 is 0 Å². The number of hydrogen-bond acceptors (Lipinski definition) is 1. The Morgan fingerprint density at radius 2 is 1.71 bits per heavy atom. The second-order valence-corrected chi connectivity index (χ2v) is 6.71. The minimum Gasteiger partial charge on any atom is -0.385 e. The quantitative estimate of drug-likeness (QED) is 0.891. The van der Waals surface area contributed by atoms with Crippen molar-refractivity contribution in [2.75, 3.05) is 0 Å². The average molecular weight is 280 g/mol. The van der Waals surface area contributed by atoms with Gasteiger partial charge in [-0.15, -0.1) is 0 Å². The second-order valence-electron chi connectivity index (χ2n) is 6.71. The van der Waals surface area contributed by atoms with E-state index in [0.717, 1.165) is 5.56 Å². The zero-order valence-corrected chi connectivity index (χ0v) is 13.2. The molecular formula is C20H24O. The number of benzene rings is 2. The summed E-state index contributed by atoms with van der Waals surface area (Å²) in [6, 6.07) is 13.0. The van der Waals surface area contributed by atoms with Gasteiger partial charge >= 0.3 is 0 Å². The Balaban J connectivity index is 1.86. The van der Waals surface area contributed by atoms with E-state index in [0.29, 0.717) is 6.42 Å². The molecule has 1 unspecified atom stereocenters. The third kappa shape index (κ3) is 2.89. The highest BCUT2D eigenvalue weighted by Crippen LogP contribution is 2.29. The highest BCUT2D eigenvalue weighted by atomic mass is 16.3. The SMILES string of the molecule is Cc1ccc(C(C)(O)Cc2ccc3c(c2)CCC3)cc1C. The summed E-state index contributed by atoms with van der Waals surface area (Å²) < 4.78 is 0. The fourth-order valence-corrected chi connectivity index (χ4v) is 3.31. The molecule has 2 aromatic rings. The first-order chi connectivity index (χ1) is 9.95. The lowest BCUT2D eigenvalue weighted by Gasteiger charge is -2.25. The first-order valence-corrected chi connectivity index (χ1v) is 7.86. The lowest BCUT2D eigenvalue weighted by Crippen LogP contribution is -2.24. The summed E-state index contributed by atoms with van der Waals surface area (Å²) in [5.41, 5.74) is 6.90. The number of aryl methyl sites for hydroxylation is 4. The molecule has 0 saturated carbocycles. The van der Waals surface area contributed by atoms with Crippen molar-refractivity contribution in [2.45, 2.75) is 52.1 Å². The van der Waals surface area contributed by atoms with Gasteiger partial charge in [0.1, 0.15) is 0 Å². The molecule has 0 spiro atoms. The molecule has 2 aromatic carbocycles. The summed E-state index contributed by atoms with van der Waals surface area (Å²) in [5.74, 6) is 0. The summed E-state index contributed by atoms with van der Waals surface area (Å²) in [5, 5.41) is 10.9. The maximum Gasteiger partial charge on any atom is 0.0908 e. The van der Waals surface area contributed by atoms with E-state index in [9.17, 15) is 5.11 Å². The average Bonchev–Trinajstić information content (AvgIpc) is 2.88. The van der Waals surface area contributed by atoms with Crippen molar-refractivity contribution in [3.8, 4) is 0 Å². The van der Waals surface area contributed by atoms with Crippen LogP contribution in [0.25, 0.3) is 0 Å². The molecule has 0 aliphatic heterocycles. The molecule has 1 heteroatoms. The van der Waals surface area contributed by atoms with Crippen LogP contribution in [0.1, 0.15) is 46.7 Å². The fraction of sp³-hybridized carbons (Fsp3) is 0.400. The van der Waals surface area contributed by atoms with Crippen molar-refractivity contribution in [1.82, 2.24) is 0 Å². The van der Waals surface area contributed by atoms with E-state index in [1.807, 2.05) is 6.92 Å². The van der Waals surface area contributed by atoms with E-state index in [2.05, 4.69) is 50.2 Å². The molecular weight excluding hydrogens is 256 g/mol. The number of hydrogen-bond donors (Lipinski definition) is 1. The topological polar surface area (TPSA) is 20.2 Å². The Labute approximate surface area is 127 Å². The third-order valence-corrected chi connectivity index (χ3v) is 4.84. The standard InChI is InChI=1S/C20H24O/c1-14-7-10-19(11-15(14)2)20(3,21)13-16-8-9-17-5-4-6-18(17)12-16/h7-12,21H,4-6,13H2,1-3H3. The molecule has 110 valence electrons. The van der Waals surface area contributed by atoms with Gasteiger partial charge in [0, 0.05) is 6.42 Å². The Hall–Kier alpha value is -1.60. The van der Waals surface area contributed by atoms with Crippen LogP contribution >= 0.6 is 0 Å². The summed E-state index contributed by atoms with van der Waals surface area (Å²) in [4.78, 5) is 0. The van der Waals surface area contributed by atoms with Gasteiger partial charge in [-0.05, 0) is 73.4 Å². The molecule has 0 fully saturated rings. The molecule has 0 saturated heterocycles. The molecule has 3 rings (SSSR count). The number of aliphatic hydroxyl groups is 1. The number of rotatable bonds is 3. The van der Waals surface area contributed by atoms with Crippen molar-refractivity contribution < 1.29 is 5.11 Å².